The molecule has 2 rings (SSSR count). The second-order valence-electron chi connectivity index (χ2n) is 7.55. The van der Waals surface area contributed by atoms with E-state index in [9.17, 15) is 27.6 Å². The predicted molar refractivity (Wildman–Crippen MR) is 113 cm³/mol. The smallest absolute Gasteiger partial charge is 0.303 e. The van der Waals surface area contributed by atoms with Crippen molar-refractivity contribution in [1.82, 2.24) is 4.72 Å². The molecule has 0 aliphatic carbocycles. The zero-order chi connectivity index (χ0) is 25.6. The number of aryl methyl sites for hydroxylation is 1. The summed E-state index contributed by atoms with van der Waals surface area (Å²) in [6, 6.07) is 5.90. The Morgan fingerprint density at radius 3 is 1.82 bits per heavy atom. The van der Waals surface area contributed by atoms with Crippen molar-refractivity contribution in [2.45, 2.75) is 70.2 Å². The summed E-state index contributed by atoms with van der Waals surface area (Å²) in [5, 5.41) is 0. The first kappa shape index (κ1) is 27.2. The quantitative estimate of drug-likeness (QED) is 0.387. The first-order valence-corrected chi connectivity index (χ1v) is 11.7. The van der Waals surface area contributed by atoms with Gasteiger partial charge in [-0.15, -0.1) is 0 Å². The predicted octanol–water partition coefficient (Wildman–Crippen LogP) is 0.356. The zero-order valence-electron chi connectivity index (χ0n) is 19.3. The van der Waals surface area contributed by atoms with Gasteiger partial charge in [0.25, 0.3) is 0 Å². The van der Waals surface area contributed by atoms with Crippen molar-refractivity contribution < 1.29 is 51.3 Å². The molecule has 0 bridgehead atoms. The lowest BCUT2D eigenvalue weighted by Crippen LogP contribution is -2.66. The molecule has 0 unspecified atom stereocenters. The van der Waals surface area contributed by atoms with Crippen LogP contribution < -0.4 is 4.72 Å². The normalized spacial score (nSPS) is 24.6. The molecule has 1 heterocycles. The summed E-state index contributed by atoms with van der Waals surface area (Å²) in [5.74, 6) is -3.15. The van der Waals surface area contributed by atoms with Crippen LogP contribution in [-0.4, -0.2) is 69.5 Å². The number of hydrogen-bond donors (Lipinski definition) is 1. The van der Waals surface area contributed by atoms with Crippen LogP contribution in [0.3, 0.4) is 0 Å². The average Bonchev–Trinajstić information content (AvgIpc) is 2.70. The molecule has 0 spiro atoms. The topological polar surface area (TPSA) is 161 Å². The number of carbonyl (C=O) groups is 4. The summed E-state index contributed by atoms with van der Waals surface area (Å²) in [7, 11) is -4.21. The minimum absolute atomic E-state index is 0.106. The van der Waals surface area contributed by atoms with E-state index in [0.717, 1.165) is 33.3 Å². The molecular weight excluding hydrogens is 474 g/mol. The highest BCUT2D eigenvalue weighted by Gasteiger charge is 2.53. The Bertz CT molecular complexity index is 1020. The van der Waals surface area contributed by atoms with Crippen molar-refractivity contribution in [2.24, 2.45) is 0 Å². The number of benzene rings is 1. The van der Waals surface area contributed by atoms with Gasteiger partial charge in [-0.25, -0.2) is 8.42 Å². The molecular formula is C21H27NO11S. The first-order chi connectivity index (χ1) is 15.8. The minimum Gasteiger partial charge on any atom is -0.463 e. The fraction of sp³-hybridized carbons (Fsp3) is 0.524. The largest absolute Gasteiger partial charge is 0.463 e. The fourth-order valence-electron chi connectivity index (χ4n) is 3.26. The lowest BCUT2D eigenvalue weighted by molar-refractivity contribution is -0.254. The van der Waals surface area contributed by atoms with Crippen LogP contribution >= 0.6 is 0 Å². The van der Waals surface area contributed by atoms with Gasteiger partial charge in [0.05, 0.1) is 4.90 Å². The molecule has 1 aromatic rings. The van der Waals surface area contributed by atoms with E-state index in [-0.39, 0.29) is 4.90 Å². The second-order valence-corrected chi connectivity index (χ2v) is 9.27. The molecule has 12 nitrogen and oxygen atoms in total. The summed E-state index contributed by atoms with van der Waals surface area (Å²) in [6.45, 7) is 5.65. The van der Waals surface area contributed by atoms with Crippen LogP contribution in [0.2, 0.25) is 0 Å². The van der Waals surface area contributed by atoms with E-state index in [4.69, 9.17) is 23.7 Å². The Morgan fingerprint density at radius 2 is 1.32 bits per heavy atom. The average molecular weight is 502 g/mol. The van der Waals surface area contributed by atoms with E-state index in [1.807, 2.05) is 0 Å². The highest BCUT2D eigenvalue weighted by molar-refractivity contribution is 7.89. The van der Waals surface area contributed by atoms with Gasteiger partial charge >= 0.3 is 23.9 Å². The van der Waals surface area contributed by atoms with Gasteiger partial charge in [0.2, 0.25) is 10.0 Å². The number of rotatable bonds is 8. The Balaban J connectivity index is 2.50. The zero-order valence-corrected chi connectivity index (χ0v) is 20.1. The van der Waals surface area contributed by atoms with Crippen LogP contribution in [0.1, 0.15) is 33.3 Å². The van der Waals surface area contributed by atoms with E-state index >= 15 is 0 Å². The second kappa shape index (κ2) is 11.4. The van der Waals surface area contributed by atoms with Gasteiger partial charge in [0, 0.05) is 27.7 Å². The maximum Gasteiger partial charge on any atom is 0.303 e. The molecule has 34 heavy (non-hydrogen) atoms. The van der Waals surface area contributed by atoms with Gasteiger partial charge in [-0.3, -0.25) is 19.2 Å². The van der Waals surface area contributed by atoms with Crippen LogP contribution in [0.4, 0.5) is 0 Å². The summed E-state index contributed by atoms with van der Waals surface area (Å²) in [4.78, 5) is 46.6. The Labute approximate surface area is 196 Å². The van der Waals surface area contributed by atoms with Crippen molar-refractivity contribution in [1.29, 1.82) is 0 Å². The van der Waals surface area contributed by atoms with Gasteiger partial charge in [-0.05, 0) is 19.1 Å². The third kappa shape index (κ3) is 7.50. The molecule has 13 heteroatoms. The van der Waals surface area contributed by atoms with Gasteiger partial charge in [0.1, 0.15) is 12.7 Å². The molecule has 1 saturated heterocycles. The van der Waals surface area contributed by atoms with Crippen molar-refractivity contribution in [3.05, 3.63) is 29.8 Å². The van der Waals surface area contributed by atoms with E-state index < -0.39 is 71.2 Å². The molecule has 1 aliphatic rings. The molecule has 5 atom stereocenters. The first-order valence-electron chi connectivity index (χ1n) is 10.2. The minimum atomic E-state index is -4.21. The van der Waals surface area contributed by atoms with Crippen LogP contribution in [0, 0.1) is 6.92 Å². The van der Waals surface area contributed by atoms with E-state index in [2.05, 4.69) is 4.72 Å². The molecule has 1 N–H and O–H groups in total. The van der Waals surface area contributed by atoms with Gasteiger partial charge in [-0.1, -0.05) is 17.7 Å². The lowest BCUT2D eigenvalue weighted by Gasteiger charge is -2.44. The third-order valence-electron chi connectivity index (χ3n) is 4.59. The highest BCUT2D eigenvalue weighted by atomic mass is 32.2. The van der Waals surface area contributed by atoms with Crippen LogP contribution in [0.15, 0.2) is 29.2 Å². The number of carbonyl (C=O) groups excluding carboxylic acids is 4. The SMILES string of the molecule is CC(=O)OC[C@H]1O[C@@H](NS(=O)(=O)c2ccc(C)cc2)[C@H](OC(C)=O)[C@@H](OC(C)=O)[C@@H]1OC(C)=O. The van der Waals surface area contributed by atoms with Gasteiger partial charge in [0.15, 0.2) is 24.5 Å². The molecule has 0 saturated carbocycles. The summed E-state index contributed by atoms with van der Waals surface area (Å²) < 4.78 is 54.7. The summed E-state index contributed by atoms with van der Waals surface area (Å²) >= 11 is 0. The monoisotopic (exact) mass is 501 g/mol. The maximum atomic E-state index is 13.0. The molecule has 0 amide bonds. The number of sulfonamides is 1. The lowest BCUT2D eigenvalue weighted by atomic mass is 9.97. The Kier molecular flexibility index (Phi) is 9.13. The maximum absolute atomic E-state index is 13.0. The summed E-state index contributed by atoms with van der Waals surface area (Å²) in [5.41, 5.74) is 0.825. The summed E-state index contributed by atoms with van der Waals surface area (Å²) in [6.07, 6.45) is -7.27. The molecule has 188 valence electrons. The number of nitrogens with one attached hydrogen (secondary N) is 1. The van der Waals surface area contributed by atoms with E-state index in [0.29, 0.717) is 0 Å². The van der Waals surface area contributed by atoms with Crippen molar-refractivity contribution in [3.63, 3.8) is 0 Å². The third-order valence-corrected chi connectivity index (χ3v) is 6.03. The highest BCUT2D eigenvalue weighted by Crippen LogP contribution is 2.29. The van der Waals surface area contributed by atoms with Crippen LogP contribution in [-0.2, 0) is 52.9 Å². The fourth-order valence-corrected chi connectivity index (χ4v) is 4.39. The van der Waals surface area contributed by atoms with Crippen molar-refractivity contribution in [2.75, 3.05) is 6.61 Å². The molecule has 1 aliphatic heterocycles. The molecule has 1 fully saturated rings. The van der Waals surface area contributed by atoms with Crippen molar-refractivity contribution in [3.8, 4) is 0 Å². The van der Waals surface area contributed by atoms with Crippen LogP contribution in [0.5, 0.6) is 0 Å². The van der Waals surface area contributed by atoms with Gasteiger partial charge < -0.3 is 23.7 Å². The van der Waals surface area contributed by atoms with Crippen LogP contribution in [0.25, 0.3) is 0 Å². The Hall–Kier alpha value is -3.03. The Morgan fingerprint density at radius 1 is 0.824 bits per heavy atom. The van der Waals surface area contributed by atoms with Gasteiger partial charge in [-0.2, -0.15) is 4.72 Å². The standard InChI is InChI=1S/C21H27NO11S/c1-11-6-8-16(9-7-11)34(27,28)22-21-20(32-15(5)26)19(31-14(4)25)18(30-13(3)24)17(33-21)10-29-12(2)23/h6-9,17-22H,10H2,1-5H3/t17-,18-,19+,20-,21-/m1/s1. The molecule has 0 radical (unpaired) electrons. The van der Waals surface area contributed by atoms with E-state index in [1.165, 1.54) is 12.1 Å². The molecule has 0 aromatic heterocycles. The van der Waals surface area contributed by atoms with E-state index in [1.54, 1.807) is 19.1 Å². The number of hydrogen-bond acceptors (Lipinski definition) is 11. The molecule has 1 aromatic carbocycles. The number of ether oxygens (including phenoxy) is 5. The number of esters is 4. The van der Waals surface area contributed by atoms with Crippen molar-refractivity contribution >= 4 is 33.9 Å².